The lowest BCUT2D eigenvalue weighted by Crippen LogP contribution is -2.52. The molecule has 2 fully saturated rings. The Morgan fingerprint density at radius 3 is 2.79 bits per heavy atom. The molecule has 1 saturated heterocycles. The van der Waals surface area contributed by atoms with Crippen LogP contribution in [-0.4, -0.2) is 46.0 Å². The molecule has 24 heavy (non-hydrogen) atoms. The van der Waals surface area contributed by atoms with Gasteiger partial charge in [0.25, 0.3) is 5.91 Å². The fraction of sp³-hybridized carbons (Fsp3) is 0.556. The third-order valence-corrected chi connectivity index (χ3v) is 5.42. The Bertz CT molecular complexity index is 816. The van der Waals surface area contributed by atoms with Gasteiger partial charge in [-0.3, -0.25) is 9.36 Å². The highest BCUT2D eigenvalue weighted by molar-refractivity contribution is 5.97. The molecule has 128 valence electrons. The van der Waals surface area contributed by atoms with Gasteiger partial charge in [0.1, 0.15) is 0 Å². The number of piperazine rings is 1. The minimum absolute atomic E-state index is 0.0420. The van der Waals surface area contributed by atoms with Gasteiger partial charge in [0, 0.05) is 37.3 Å². The van der Waals surface area contributed by atoms with Crippen molar-refractivity contribution in [2.24, 2.45) is 0 Å². The van der Waals surface area contributed by atoms with Crippen LogP contribution in [0.5, 0.6) is 0 Å². The standard InChI is InChI=1S/C18H24N4O2/c1-12-11-19-8-9-21(12)17(23)13-6-7-16-15(10-13)20-18(24)22(16)14-4-2-3-5-14/h6-7,10,12,14,19H,2-5,8-9,11H2,1H3,(H,20,24)/t12-/m0/s1. The second kappa shape index (κ2) is 6.09. The van der Waals surface area contributed by atoms with E-state index >= 15 is 0 Å². The Hall–Kier alpha value is -2.08. The van der Waals surface area contributed by atoms with Crippen LogP contribution in [0, 0.1) is 0 Å². The van der Waals surface area contributed by atoms with Crippen molar-refractivity contribution < 1.29 is 4.79 Å². The summed E-state index contributed by atoms with van der Waals surface area (Å²) in [5.74, 6) is 0.0420. The molecule has 0 unspecified atom stereocenters. The molecule has 0 bridgehead atoms. The van der Waals surface area contributed by atoms with E-state index in [0.29, 0.717) is 11.6 Å². The summed E-state index contributed by atoms with van der Waals surface area (Å²) in [5.41, 5.74) is 2.27. The first kappa shape index (κ1) is 15.4. The van der Waals surface area contributed by atoms with E-state index in [1.165, 1.54) is 12.8 Å². The fourth-order valence-electron chi connectivity index (χ4n) is 4.10. The molecule has 1 aliphatic carbocycles. The van der Waals surface area contributed by atoms with Gasteiger partial charge in [-0.15, -0.1) is 0 Å². The third kappa shape index (κ3) is 2.55. The monoisotopic (exact) mass is 328 g/mol. The number of rotatable bonds is 2. The van der Waals surface area contributed by atoms with Crippen LogP contribution in [-0.2, 0) is 0 Å². The number of aromatic nitrogens is 2. The number of nitrogens with zero attached hydrogens (tertiary/aromatic N) is 2. The first-order chi connectivity index (χ1) is 11.6. The van der Waals surface area contributed by atoms with Crippen molar-refractivity contribution >= 4 is 16.9 Å². The summed E-state index contributed by atoms with van der Waals surface area (Å²) in [7, 11) is 0. The number of fused-ring (bicyclic) bond motifs is 1. The summed E-state index contributed by atoms with van der Waals surface area (Å²) < 4.78 is 1.88. The SMILES string of the molecule is C[C@H]1CNCCN1C(=O)c1ccc2c(c1)[nH]c(=O)n2C1CCCC1. The predicted octanol–water partition coefficient (Wildman–Crippen LogP) is 1.88. The van der Waals surface area contributed by atoms with Gasteiger partial charge < -0.3 is 15.2 Å². The Morgan fingerprint density at radius 1 is 1.25 bits per heavy atom. The summed E-state index contributed by atoms with van der Waals surface area (Å²) in [5, 5.41) is 3.30. The minimum atomic E-state index is -0.0583. The summed E-state index contributed by atoms with van der Waals surface area (Å²) >= 11 is 0. The van der Waals surface area contributed by atoms with Crippen molar-refractivity contribution in [2.45, 2.75) is 44.7 Å². The Balaban J connectivity index is 1.69. The van der Waals surface area contributed by atoms with Gasteiger partial charge in [0.15, 0.2) is 0 Å². The van der Waals surface area contributed by atoms with Crippen LogP contribution in [0.2, 0.25) is 0 Å². The van der Waals surface area contributed by atoms with Gasteiger partial charge in [-0.05, 0) is 38.0 Å². The Morgan fingerprint density at radius 2 is 2.04 bits per heavy atom. The van der Waals surface area contributed by atoms with E-state index in [4.69, 9.17) is 0 Å². The lowest BCUT2D eigenvalue weighted by molar-refractivity contribution is 0.0656. The largest absolute Gasteiger partial charge is 0.333 e. The zero-order valence-electron chi connectivity index (χ0n) is 14.0. The molecule has 1 atom stereocenters. The average Bonchev–Trinajstić information content (AvgIpc) is 3.20. The van der Waals surface area contributed by atoms with E-state index in [9.17, 15) is 9.59 Å². The van der Waals surface area contributed by atoms with Crippen LogP contribution < -0.4 is 11.0 Å². The molecule has 1 aromatic carbocycles. The fourth-order valence-corrected chi connectivity index (χ4v) is 4.10. The van der Waals surface area contributed by atoms with Gasteiger partial charge in [0.2, 0.25) is 0 Å². The molecule has 4 rings (SSSR count). The number of nitrogens with one attached hydrogen (secondary N) is 2. The normalized spacial score (nSPS) is 22.4. The smallest absolute Gasteiger partial charge is 0.326 e. The number of hydrogen-bond donors (Lipinski definition) is 2. The molecule has 1 aliphatic heterocycles. The maximum absolute atomic E-state index is 12.8. The molecule has 0 spiro atoms. The summed E-state index contributed by atoms with van der Waals surface area (Å²) in [6, 6.07) is 6.09. The first-order valence-electron chi connectivity index (χ1n) is 8.91. The summed E-state index contributed by atoms with van der Waals surface area (Å²) in [6.45, 7) is 4.43. The number of aromatic amines is 1. The van der Waals surface area contributed by atoms with Crippen molar-refractivity contribution in [1.29, 1.82) is 0 Å². The summed E-state index contributed by atoms with van der Waals surface area (Å²) in [4.78, 5) is 30.0. The van der Waals surface area contributed by atoms with E-state index in [1.54, 1.807) is 0 Å². The highest BCUT2D eigenvalue weighted by Crippen LogP contribution is 2.30. The van der Waals surface area contributed by atoms with Crippen LogP contribution in [0.25, 0.3) is 11.0 Å². The molecular formula is C18H24N4O2. The predicted molar refractivity (Wildman–Crippen MR) is 93.4 cm³/mol. The van der Waals surface area contributed by atoms with E-state index < -0.39 is 0 Å². The van der Waals surface area contributed by atoms with Crippen LogP contribution in [0.3, 0.4) is 0 Å². The lowest BCUT2D eigenvalue weighted by Gasteiger charge is -2.34. The molecule has 2 heterocycles. The molecule has 2 aromatic rings. The van der Waals surface area contributed by atoms with E-state index in [-0.39, 0.29) is 17.6 Å². The zero-order valence-corrected chi connectivity index (χ0v) is 14.0. The molecule has 6 nitrogen and oxygen atoms in total. The van der Waals surface area contributed by atoms with Gasteiger partial charge in [-0.1, -0.05) is 12.8 Å². The van der Waals surface area contributed by atoms with E-state index in [2.05, 4.69) is 17.2 Å². The minimum Gasteiger partial charge on any atom is -0.333 e. The van der Waals surface area contributed by atoms with Crippen molar-refractivity contribution in [3.8, 4) is 0 Å². The second-order valence-electron chi connectivity index (χ2n) is 7.02. The zero-order chi connectivity index (χ0) is 16.7. The van der Waals surface area contributed by atoms with Gasteiger partial charge in [-0.25, -0.2) is 4.79 Å². The van der Waals surface area contributed by atoms with Crippen molar-refractivity contribution in [3.05, 3.63) is 34.2 Å². The summed E-state index contributed by atoms with van der Waals surface area (Å²) in [6.07, 6.45) is 4.49. The van der Waals surface area contributed by atoms with Crippen molar-refractivity contribution in [2.75, 3.05) is 19.6 Å². The third-order valence-electron chi connectivity index (χ3n) is 5.42. The van der Waals surface area contributed by atoms with Gasteiger partial charge >= 0.3 is 5.69 Å². The molecule has 1 saturated carbocycles. The first-order valence-corrected chi connectivity index (χ1v) is 8.91. The number of benzene rings is 1. The average molecular weight is 328 g/mol. The molecule has 2 aliphatic rings. The van der Waals surface area contributed by atoms with Crippen LogP contribution >= 0.6 is 0 Å². The van der Waals surface area contributed by atoms with Crippen LogP contribution in [0.1, 0.15) is 49.0 Å². The Labute approximate surface area is 140 Å². The number of carbonyl (C=O) groups is 1. The highest BCUT2D eigenvalue weighted by Gasteiger charge is 2.25. The van der Waals surface area contributed by atoms with Crippen molar-refractivity contribution in [3.63, 3.8) is 0 Å². The van der Waals surface area contributed by atoms with E-state index in [0.717, 1.165) is 43.5 Å². The number of amides is 1. The molecule has 6 heteroatoms. The Kier molecular flexibility index (Phi) is 3.92. The van der Waals surface area contributed by atoms with Gasteiger partial charge in [-0.2, -0.15) is 0 Å². The number of hydrogen-bond acceptors (Lipinski definition) is 3. The molecule has 2 N–H and O–H groups in total. The number of imidazole rings is 1. The maximum Gasteiger partial charge on any atom is 0.326 e. The molecule has 1 aromatic heterocycles. The van der Waals surface area contributed by atoms with Crippen LogP contribution in [0.4, 0.5) is 0 Å². The lowest BCUT2D eigenvalue weighted by atomic mass is 10.1. The van der Waals surface area contributed by atoms with E-state index in [1.807, 2.05) is 27.7 Å². The molecule has 1 amide bonds. The highest BCUT2D eigenvalue weighted by atomic mass is 16.2. The quantitative estimate of drug-likeness (QED) is 0.884. The maximum atomic E-state index is 12.8. The number of carbonyl (C=O) groups excluding carboxylic acids is 1. The van der Waals surface area contributed by atoms with Crippen LogP contribution in [0.15, 0.2) is 23.0 Å². The van der Waals surface area contributed by atoms with Crippen molar-refractivity contribution in [1.82, 2.24) is 19.8 Å². The molecule has 0 radical (unpaired) electrons. The molecular weight excluding hydrogens is 304 g/mol. The second-order valence-corrected chi connectivity index (χ2v) is 7.02. The topological polar surface area (TPSA) is 70.1 Å². The number of H-pyrrole nitrogens is 1. The van der Waals surface area contributed by atoms with Gasteiger partial charge in [0.05, 0.1) is 11.0 Å².